The van der Waals surface area contributed by atoms with Crippen molar-refractivity contribution in [1.82, 2.24) is 25.2 Å². The minimum atomic E-state index is -3.90. The maximum absolute atomic E-state index is 14.6. The maximum atomic E-state index is 14.6. The van der Waals surface area contributed by atoms with Crippen LogP contribution in [0, 0.1) is 5.92 Å². The van der Waals surface area contributed by atoms with Crippen LogP contribution in [0.2, 0.25) is 0 Å². The van der Waals surface area contributed by atoms with E-state index in [4.69, 9.17) is 28.7 Å². The molecule has 3 saturated heterocycles. The molecule has 4 heterocycles. The Hall–Kier alpha value is -4.42. The van der Waals surface area contributed by atoms with Crippen LogP contribution in [0.3, 0.4) is 0 Å². The second-order valence-electron chi connectivity index (χ2n) is 16.6. The Bertz CT molecular complexity index is 1960. The summed E-state index contributed by atoms with van der Waals surface area (Å²) in [6, 6.07) is 5.29. The second kappa shape index (κ2) is 16.4. The van der Waals surface area contributed by atoms with Crippen LogP contribution in [0.4, 0.5) is 10.6 Å². The minimum Gasteiger partial charge on any atom is -0.497 e. The third kappa shape index (κ3) is 9.49. The number of nitrogens with zero attached hydrogens (tertiary/aromatic N) is 3. The lowest BCUT2D eigenvalue weighted by Crippen LogP contribution is -2.58. The Labute approximate surface area is 332 Å². The first kappa shape index (κ1) is 40.8. The van der Waals surface area contributed by atoms with Crippen LogP contribution in [0.15, 0.2) is 24.3 Å². The summed E-state index contributed by atoms with van der Waals surface area (Å²) < 4.78 is 57.1. The summed E-state index contributed by atoms with van der Waals surface area (Å²) in [7, 11) is -2.31. The van der Waals surface area contributed by atoms with Gasteiger partial charge in [0.15, 0.2) is 0 Å². The fraction of sp³-hybridized carbons (Fsp3) is 0.667. The van der Waals surface area contributed by atoms with Gasteiger partial charge in [0.1, 0.15) is 40.9 Å². The topological polar surface area (TPSA) is 204 Å². The molecule has 5 aliphatic rings. The first-order valence-corrected chi connectivity index (χ1v) is 21.4. The molecule has 17 nitrogen and oxygen atoms in total. The molecular formula is C39H54N6O11S. The SMILES string of the molecule is COc1ccc2c(O[C@@H]3C[C@H]4C(=O)N[C@]5(C(=O)NS(=O)(=O)C6CC6)C[C@H]5CCCOCCC[C@H](NC(=O)OC(C)(C)C)C(=O)N4C3)nc(N3CCOCC3)cc2c1. The molecule has 3 aliphatic heterocycles. The van der Waals surface area contributed by atoms with E-state index in [1.54, 1.807) is 33.9 Å². The maximum Gasteiger partial charge on any atom is 0.408 e. The summed E-state index contributed by atoms with van der Waals surface area (Å²) in [6.45, 7) is 8.14. The first-order valence-electron chi connectivity index (χ1n) is 19.9. The number of ether oxygens (including phenoxy) is 5. The number of fused-ring (bicyclic) bond motifs is 3. The molecule has 1 aromatic carbocycles. The molecule has 5 fully saturated rings. The van der Waals surface area contributed by atoms with Crippen LogP contribution in [-0.4, -0.2) is 130 Å². The fourth-order valence-electron chi connectivity index (χ4n) is 7.88. The van der Waals surface area contributed by atoms with Crippen molar-refractivity contribution in [2.45, 2.75) is 107 Å². The zero-order valence-corrected chi connectivity index (χ0v) is 33.9. The highest BCUT2D eigenvalue weighted by molar-refractivity contribution is 7.91. The van der Waals surface area contributed by atoms with E-state index in [0.717, 1.165) is 5.39 Å². The van der Waals surface area contributed by atoms with Crippen LogP contribution < -0.4 is 29.7 Å². The van der Waals surface area contributed by atoms with Gasteiger partial charge in [0.2, 0.25) is 27.7 Å². The molecular weight excluding hydrogens is 761 g/mol. The normalized spacial score (nSPS) is 27.6. The molecule has 3 N–H and O–H groups in total. The third-order valence-corrected chi connectivity index (χ3v) is 12.9. The third-order valence-electron chi connectivity index (χ3n) is 11.1. The molecule has 2 saturated carbocycles. The van der Waals surface area contributed by atoms with E-state index < -0.39 is 68.4 Å². The monoisotopic (exact) mass is 814 g/mol. The Morgan fingerprint density at radius 3 is 2.42 bits per heavy atom. The molecule has 4 amide bonds. The van der Waals surface area contributed by atoms with E-state index in [1.807, 2.05) is 18.2 Å². The number of aromatic nitrogens is 1. The number of anilines is 1. The van der Waals surface area contributed by atoms with Crippen LogP contribution in [-0.2, 0) is 38.6 Å². The molecule has 2 aliphatic carbocycles. The number of rotatable bonds is 8. The van der Waals surface area contributed by atoms with Crippen molar-refractivity contribution >= 4 is 50.4 Å². The molecule has 2 aromatic rings. The number of benzene rings is 1. The van der Waals surface area contributed by atoms with Gasteiger partial charge in [-0.2, -0.15) is 4.98 Å². The van der Waals surface area contributed by atoms with Gasteiger partial charge in [-0.25, -0.2) is 13.2 Å². The van der Waals surface area contributed by atoms with E-state index in [1.165, 1.54) is 4.90 Å². The highest BCUT2D eigenvalue weighted by Gasteiger charge is 2.62. The van der Waals surface area contributed by atoms with Gasteiger partial charge in [-0.3, -0.25) is 19.1 Å². The largest absolute Gasteiger partial charge is 0.497 e. The van der Waals surface area contributed by atoms with Crippen LogP contribution in [0.5, 0.6) is 11.6 Å². The van der Waals surface area contributed by atoms with Crippen LogP contribution >= 0.6 is 0 Å². The number of pyridine rings is 1. The number of carbonyl (C=O) groups excluding carboxylic acids is 4. The van der Waals surface area contributed by atoms with Gasteiger partial charge >= 0.3 is 6.09 Å². The first-order chi connectivity index (χ1) is 27.2. The number of alkyl carbamates (subject to hydrolysis) is 1. The molecule has 0 bridgehead atoms. The highest BCUT2D eigenvalue weighted by atomic mass is 32.2. The zero-order valence-electron chi connectivity index (χ0n) is 33.0. The van der Waals surface area contributed by atoms with Crippen molar-refractivity contribution in [3.63, 3.8) is 0 Å². The zero-order chi connectivity index (χ0) is 40.5. The van der Waals surface area contributed by atoms with E-state index in [-0.39, 0.29) is 31.7 Å². The van der Waals surface area contributed by atoms with E-state index >= 15 is 0 Å². The lowest BCUT2D eigenvalue weighted by Gasteiger charge is -2.30. The van der Waals surface area contributed by atoms with Gasteiger partial charge in [0.25, 0.3) is 5.91 Å². The average molecular weight is 815 g/mol. The number of sulfonamides is 1. The van der Waals surface area contributed by atoms with Crippen LogP contribution in [0.1, 0.15) is 72.1 Å². The number of morpholine rings is 1. The smallest absolute Gasteiger partial charge is 0.408 e. The Morgan fingerprint density at radius 1 is 1.00 bits per heavy atom. The van der Waals surface area contributed by atoms with Crippen molar-refractivity contribution < 1.29 is 51.3 Å². The van der Waals surface area contributed by atoms with Gasteiger partial charge < -0.3 is 44.1 Å². The van der Waals surface area contributed by atoms with Crippen molar-refractivity contribution in [2.24, 2.45) is 5.92 Å². The van der Waals surface area contributed by atoms with Gasteiger partial charge in [0.05, 0.1) is 32.1 Å². The number of carbonyl (C=O) groups is 4. The molecule has 0 unspecified atom stereocenters. The molecule has 7 rings (SSSR count). The molecule has 18 heteroatoms. The molecule has 5 atom stereocenters. The van der Waals surface area contributed by atoms with Gasteiger partial charge in [-0.1, -0.05) is 0 Å². The summed E-state index contributed by atoms with van der Waals surface area (Å²) in [5.74, 6) is -0.640. The number of methoxy groups -OCH3 is 1. The standard InChI is InChI=1S/C39H54N6O11S/c1-38(2,3)56-37(49)40-30-8-6-16-53-15-5-7-25-22-39(25,36(48)43-57(50,51)28-10-11-28)42-33(46)31-21-27(23-45(31)35(30)47)55-34-29-12-9-26(52-4)19-24(29)20-32(41-34)44-13-17-54-18-14-44/h9,12,19-20,25,27-28,30-31H,5-8,10-11,13-18,21-23H2,1-4H3,(H,40,49)(H,42,46)(H,43,48)/t25-,27-,30+,31+,39-/m1/s1. The van der Waals surface area contributed by atoms with E-state index in [9.17, 15) is 27.6 Å². The fourth-order valence-corrected chi connectivity index (χ4v) is 9.24. The summed E-state index contributed by atoms with van der Waals surface area (Å²) in [4.78, 5) is 64.4. The van der Waals surface area contributed by atoms with Crippen molar-refractivity contribution in [3.05, 3.63) is 24.3 Å². The predicted octanol–water partition coefficient (Wildman–Crippen LogP) is 2.40. The van der Waals surface area contributed by atoms with Gasteiger partial charge in [0, 0.05) is 38.1 Å². The van der Waals surface area contributed by atoms with Crippen molar-refractivity contribution in [3.8, 4) is 11.6 Å². The summed E-state index contributed by atoms with van der Waals surface area (Å²) >= 11 is 0. The van der Waals surface area contributed by atoms with E-state index in [0.29, 0.717) is 94.5 Å². The number of nitrogens with one attached hydrogen (secondary N) is 3. The highest BCUT2D eigenvalue weighted by Crippen LogP contribution is 2.48. The number of hydrogen-bond acceptors (Lipinski definition) is 13. The Balaban J connectivity index is 1.21. The Morgan fingerprint density at radius 2 is 1.72 bits per heavy atom. The average Bonchev–Trinajstić information content (AvgIpc) is 4.09. The van der Waals surface area contributed by atoms with Crippen LogP contribution in [0.25, 0.3) is 10.8 Å². The summed E-state index contributed by atoms with van der Waals surface area (Å²) in [5.41, 5.74) is -2.31. The summed E-state index contributed by atoms with van der Waals surface area (Å²) in [6.07, 6.45) is 1.41. The quantitative estimate of drug-likeness (QED) is 0.351. The molecule has 312 valence electrons. The predicted molar refractivity (Wildman–Crippen MR) is 207 cm³/mol. The minimum absolute atomic E-state index is 0.0314. The lowest BCUT2D eigenvalue weighted by atomic mass is 10.1. The van der Waals surface area contributed by atoms with Gasteiger partial charge in [-0.15, -0.1) is 0 Å². The Kier molecular flexibility index (Phi) is 11.8. The number of amides is 4. The van der Waals surface area contributed by atoms with Crippen molar-refractivity contribution in [1.29, 1.82) is 0 Å². The van der Waals surface area contributed by atoms with Crippen molar-refractivity contribution in [2.75, 3.05) is 58.1 Å². The summed E-state index contributed by atoms with van der Waals surface area (Å²) in [5, 5.41) is 6.52. The number of hydrogen-bond donors (Lipinski definition) is 3. The lowest BCUT2D eigenvalue weighted by molar-refractivity contribution is -0.141. The van der Waals surface area contributed by atoms with E-state index in [2.05, 4.69) is 20.3 Å². The molecule has 0 spiro atoms. The molecule has 1 aromatic heterocycles. The molecule has 57 heavy (non-hydrogen) atoms. The second-order valence-corrected chi connectivity index (χ2v) is 18.5. The van der Waals surface area contributed by atoms with Gasteiger partial charge in [-0.05, 0) is 101 Å². The molecule has 0 radical (unpaired) electrons.